The smallest absolute Gasteiger partial charge is 0.349 e. The van der Waals surface area contributed by atoms with E-state index in [9.17, 15) is 14.4 Å². The first kappa shape index (κ1) is 20.4. The lowest BCUT2D eigenvalue weighted by molar-refractivity contribution is -0.136. The molecule has 29 heavy (non-hydrogen) atoms. The molecule has 0 aliphatic carbocycles. The van der Waals surface area contributed by atoms with Crippen LogP contribution in [0.15, 0.2) is 42.5 Å². The van der Waals surface area contributed by atoms with Gasteiger partial charge in [0, 0.05) is 0 Å². The van der Waals surface area contributed by atoms with Crippen molar-refractivity contribution in [3.05, 3.63) is 59.2 Å². The van der Waals surface area contributed by atoms with Crippen molar-refractivity contribution < 1.29 is 23.9 Å². The molecule has 1 atom stereocenters. The summed E-state index contributed by atoms with van der Waals surface area (Å²) in [5.74, 6) is 0.267. The number of esters is 1. The lowest BCUT2D eigenvalue weighted by Gasteiger charge is -2.20. The summed E-state index contributed by atoms with van der Waals surface area (Å²) < 4.78 is 10.9. The Morgan fingerprint density at radius 3 is 2.45 bits per heavy atom. The molecule has 7 heteroatoms. The van der Waals surface area contributed by atoms with E-state index in [-0.39, 0.29) is 12.5 Å². The number of amides is 3. The summed E-state index contributed by atoms with van der Waals surface area (Å²) in [6, 6.07) is 12.4. The van der Waals surface area contributed by atoms with Crippen LogP contribution in [0.25, 0.3) is 0 Å². The molecular formula is C22H24N2O5. The molecular weight excluding hydrogens is 372 g/mol. The van der Waals surface area contributed by atoms with E-state index in [1.165, 1.54) is 0 Å². The largest absolute Gasteiger partial charge is 0.482 e. The van der Waals surface area contributed by atoms with Crippen molar-refractivity contribution in [2.75, 3.05) is 6.61 Å². The Bertz CT molecular complexity index is 939. The van der Waals surface area contributed by atoms with E-state index in [2.05, 4.69) is 10.6 Å². The highest BCUT2D eigenvalue weighted by atomic mass is 16.6. The van der Waals surface area contributed by atoms with Gasteiger partial charge in [0.25, 0.3) is 5.91 Å². The molecule has 0 saturated carbocycles. The van der Waals surface area contributed by atoms with Crippen LogP contribution >= 0.6 is 0 Å². The summed E-state index contributed by atoms with van der Waals surface area (Å²) in [5.41, 5.74) is 2.06. The third kappa shape index (κ3) is 5.13. The highest BCUT2D eigenvalue weighted by molar-refractivity contribution is 6.06. The third-order valence-corrected chi connectivity index (χ3v) is 4.88. The van der Waals surface area contributed by atoms with Crippen LogP contribution in [0.2, 0.25) is 0 Å². The molecule has 7 nitrogen and oxygen atoms in total. The first-order valence-corrected chi connectivity index (χ1v) is 9.38. The number of ether oxygens (including phenoxy) is 2. The summed E-state index contributed by atoms with van der Waals surface area (Å²) in [6.45, 7) is 5.39. The van der Waals surface area contributed by atoms with Crippen molar-refractivity contribution in [3.63, 3.8) is 0 Å². The summed E-state index contributed by atoms with van der Waals surface area (Å²) >= 11 is 0. The molecule has 0 spiro atoms. The number of carbonyl (C=O) groups excluding carboxylic acids is 3. The van der Waals surface area contributed by atoms with Crippen molar-refractivity contribution >= 4 is 17.9 Å². The van der Waals surface area contributed by atoms with Gasteiger partial charge in [-0.15, -0.1) is 0 Å². The van der Waals surface area contributed by atoms with Crippen LogP contribution in [0.3, 0.4) is 0 Å². The number of imide groups is 1. The first-order chi connectivity index (χ1) is 13.7. The van der Waals surface area contributed by atoms with E-state index in [1.807, 2.05) is 44.2 Å². The standard InChI is InChI=1S/C22H24N2O5/c1-14-4-5-15(2)18(12-14)28-13-19(25)29-17-8-6-16(7-9-17)10-11-22(3)20(26)23-21(27)24-22/h4-9,12H,10-11,13H2,1-3H3,(H2,23,24,26,27)/t22-/m0/s1. The molecule has 1 heterocycles. The summed E-state index contributed by atoms with van der Waals surface area (Å²) in [6.07, 6.45) is 1.06. The van der Waals surface area contributed by atoms with Gasteiger partial charge >= 0.3 is 12.0 Å². The number of nitrogens with one attached hydrogen (secondary N) is 2. The Hall–Kier alpha value is -3.35. The highest BCUT2D eigenvalue weighted by Crippen LogP contribution is 2.21. The molecule has 3 rings (SSSR count). The van der Waals surface area contributed by atoms with Crippen LogP contribution in [0, 0.1) is 13.8 Å². The van der Waals surface area contributed by atoms with E-state index < -0.39 is 17.5 Å². The molecule has 1 fully saturated rings. The fourth-order valence-electron chi connectivity index (χ4n) is 3.03. The second-order valence-electron chi connectivity index (χ2n) is 7.42. The quantitative estimate of drug-likeness (QED) is 0.426. The van der Waals surface area contributed by atoms with Gasteiger partial charge in [-0.2, -0.15) is 0 Å². The zero-order chi connectivity index (χ0) is 21.0. The molecule has 0 bridgehead atoms. The number of urea groups is 1. The second-order valence-corrected chi connectivity index (χ2v) is 7.42. The van der Waals surface area contributed by atoms with Crippen LogP contribution in [-0.4, -0.2) is 30.1 Å². The molecule has 3 amide bonds. The summed E-state index contributed by atoms with van der Waals surface area (Å²) in [7, 11) is 0. The van der Waals surface area contributed by atoms with E-state index >= 15 is 0 Å². The number of hydrogen-bond donors (Lipinski definition) is 2. The maximum atomic E-state index is 12.0. The molecule has 0 unspecified atom stereocenters. The molecule has 1 aliphatic heterocycles. The Morgan fingerprint density at radius 2 is 1.79 bits per heavy atom. The van der Waals surface area contributed by atoms with Crippen LogP contribution in [0.1, 0.15) is 30.0 Å². The van der Waals surface area contributed by atoms with Gasteiger partial charge in [-0.3, -0.25) is 10.1 Å². The average Bonchev–Trinajstić information content (AvgIpc) is 2.94. The Labute approximate surface area is 169 Å². The topological polar surface area (TPSA) is 93.7 Å². The Kier molecular flexibility index (Phi) is 5.87. The summed E-state index contributed by atoms with van der Waals surface area (Å²) in [4.78, 5) is 35.2. The monoisotopic (exact) mass is 396 g/mol. The minimum absolute atomic E-state index is 0.181. The number of aryl methyl sites for hydroxylation is 3. The van der Waals surface area contributed by atoms with E-state index in [0.717, 1.165) is 16.7 Å². The maximum Gasteiger partial charge on any atom is 0.349 e. The van der Waals surface area contributed by atoms with Gasteiger partial charge in [-0.1, -0.05) is 24.3 Å². The predicted molar refractivity (Wildman–Crippen MR) is 107 cm³/mol. The third-order valence-electron chi connectivity index (χ3n) is 4.88. The van der Waals surface area contributed by atoms with E-state index in [1.54, 1.807) is 19.1 Å². The number of carbonyl (C=O) groups is 3. The fourth-order valence-corrected chi connectivity index (χ4v) is 3.03. The normalized spacial score (nSPS) is 18.2. The van der Waals surface area contributed by atoms with Crippen LogP contribution in [0.5, 0.6) is 11.5 Å². The van der Waals surface area contributed by atoms with Gasteiger partial charge < -0.3 is 14.8 Å². The van der Waals surface area contributed by atoms with E-state index in [4.69, 9.17) is 9.47 Å². The van der Waals surface area contributed by atoms with Crippen LogP contribution in [0.4, 0.5) is 4.79 Å². The lowest BCUT2D eigenvalue weighted by Crippen LogP contribution is -2.43. The van der Waals surface area contributed by atoms with Crippen molar-refractivity contribution in [1.82, 2.24) is 10.6 Å². The van der Waals surface area contributed by atoms with Gasteiger partial charge in [-0.05, 0) is 68.5 Å². The predicted octanol–water partition coefficient (Wildman–Crippen LogP) is 2.82. The highest BCUT2D eigenvalue weighted by Gasteiger charge is 2.41. The molecule has 152 valence electrons. The van der Waals surface area contributed by atoms with Gasteiger partial charge in [-0.25, -0.2) is 9.59 Å². The van der Waals surface area contributed by atoms with Crippen LogP contribution in [-0.2, 0) is 16.0 Å². The lowest BCUT2D eigenvalue weighted by atomic mass is 9.93. The van der Waals surface area contributed by atoms with Gasteiger partial charge in [0.05, 0.1) is 0 Å². The molecule has 2 N–H and O–H groups in total. The average molecular weight is 396 g/mol. The zero-order valence-corrected chi connectivity index (χ0v) is 16.7. The molecule has 0 aromatic heterocycles. The molecule has 1 saturated heterocycles. The minimum atomic E-state index is -0.909. The number of hydrogen-bond acceptors (Lipinski definition) is 5. The second kappa shape index (κ2) is 8.34. The van der Waals surface area contributed by atoms with Crippen molar-refractivity contribution in [2.24, 2.45) is 0 Å². The first-order valence-electron chi connectivity index (χ1n) is 9.38. The molecule has 1 aliphatic rings. The fraction of sp³-hybridized carbons (Fsp3) is 0.318. The summed E-state index contributed by atoms with van der Waals surface area (Å²) in [5, 5.41) is 4.89. The zero-order valence-electron chi connectivity index (χ0n) is 16.7. The Morgan fingerprint density at radius 1 is 1.07 bits per heavy atom. The van der Waals surface area contributed by atoms with Crippen molar-refractivity contribution in [2.45, 2.75) is 39.2 Å². The number of benzene rings is 2. The maximum absolute atomic E-state index is 12.0. The SMILES string of the molecule is Cc1ccc(C)c(OCC(=O)Oc2ccc(CC[C@]3(C)NC(=O)NC3=O)cc2)c1. The van der Waals surface area contributed by atoms with Crippen molar-refractivity contribution in [3.8, 4) is 11.5 Å². The molecule has 2 aromatic carbocycles. The number of rotatable bonds is 7. The van der Waals surface area contributed by atoms with E-state index in [0.29, 0.717) is 24.3 Å². The molecule has 2 aromatic rings. The minimum Gasteiger partial charge on any atom is -0.482 e. The van der Waals surface area contributed by atoms with Crippen LogP contribution < -0.4 is 20.1 Å². The molecule has 0 radical (unpaired) electrons. The van der Waals surface area contributed by atoms with Gasteiger partial charge in [0.15, 0.2) is 6.61 Å². The van der Waals surface area contributed by atoms with Gasteiger partial charge in [0.1, 0.15) is 17.0 Å². The van der Waals surface area contributed by atoms with Crippen molar-refractivity contribution in [1.29, 1.82) is 0 Å². The van der Waals surface area contributed by atoms with Gasteiger partial charge in [0.2, 0.25) is 0 Å². The Balaban J connectivity index is 1.50.